The van der Waals surface area contributed by atoms with Gasteiger partial charge in [0, 0.05) is 24.5 Å². The van der Waals surface area contributed by atoms with Crippen molar-refractivity contribution in [2.24, 2.45) is 0 Å². The van der Waals surface area contributed by atoms with Crippen LogP contribution in [0.4, 0.5) is 11.4 Å². The molecule has 0 spiro atoms. The van der Waals surface area contributed by atoms with E-state index in [-0.39, 0.29) is 11.8 Å². The summed E-state index contributed by atoms with van der Waals surface area (Å²) in [7, 11) is 0. The largest absolute Gasteiger partial charge is 0.311 e. The molecule has 0 saturated heterocycles. The van der Waals surface area contributed by atoms with Crippen LogP contribution in [0.5, 0.6) is 0 Å². The molecular weight excluding hydrogens is 448 g/mol. The average molecular weight is 469 g/mol. The third-order valence-corrected chi connectivity index (χ3v) is 8.56. The molecule has 0 radical (unpaired) electrons. The number of anilines is 2. The molecule has 5 rings (SSSR count). The molecule has 0 saturated carbocycles. The Morgan fingerprint density at radius 3 is 1.71 bits per heavy atom. The fourth-order valence-electron chi connectivity index (χ4n) is 3.91. The Hall–Kier alpha value is -2.36. The maximum absolute atomic E-state index is 12.7. The van der Waals surface area contributed by atoms with Crippen LogP contribution in [0.25, 0.3) is 0 Å². The molecule has 0 atom stereocenters. The van der Waals surface area contributed by atoms with Crippen LogP contribution in [0.15, 0.2) is 57.2 Å². The van der Waals surface area contributed by atoms with Crippen LogP contribution in [-0.4, -0.2) is 46.6 Å². The Morgan fingerprint density at radius 1 is 0.774 bits per heavy atom. The summed E-state index contributed by atoms with van der Waals surface area (Å²) in [6.45, 7) is 1.47. The minimum atomic E-state index is 0.0854. The zero-order valence-corrected chi connectivity index (χ0v) is 19.1. The molecule has 3 aromatic rings. The van der Waals surface area contributed by atoms with Crippen LogP contribution >= 0.6 is 34.9 Å². The van der Waals surface area contributed by atoms with Gasteiger partial charge in [0.25, 0.3) is 0 Å². The number of thioether (sulfide) groups is 2. The van der Waals surface area contributed by atoms with E-state index in [4.69, 9.17) is 0 Å². The van der Waals surface area contributed by atoms with Crippen LogP contribution in [0, 0.1) is 0 Å². The highest BCUT2D eigenvalue weighted by molar-refractivity contribution is 8.03. The minimum absolute atomic E-state index is 0.0854. The Morgan fingerprint density at radius 2 is 1.23 bits per heavy atom. The van der Waals surface area contributed by atoms with E-state index < -0.39 is 0 Å². The first kappa shape index (κ1) is 20.5. The first-order chi connectivity index (χ1) is 15.2. The summed E-state index contributed by atoms with van der Waals surface area (Å²) in [4.78, 5) is 29.0. The lowest BCUT2D eigenvalue weighted by molar-refractivity contribution is -0.116. The fourth-order valence-corrected chi connectivity index (χ4v) is 6.68. The average Bonchev–Trinajstić information content (AvgIpc) is 3.54. The van der Waals surface area contributed by atoms with Crippen LogP contribution in [0.1, 0.15) is 11.1 Å². The molecule has 0 bridgehead atoms. The summed E-state index contributed by atoms with van der Waals surface area (Å²) < 4.78 is 1.50. The normalized spacial score (nSPS) is 14.6. The predicted octanol–water partition coefficient (Wildman–Crippen LogP) is 3.90. The quantitative estimate of drug-likeness (QED) is 0.511. The molecule has 3 heterocycles. The van der Waals surface area contributed by atoms with Gasteiger partial charge in [-0.15, -0.1) is 10.2 Å². The maximum Gasteiger partial charge on any atom is 0.237 e. The molecule has 31 heavy (non-hydrogen) atoms. The Kier molecular flexibility index (Phi) is 5.97. The van der Waals surface area contributed by atoms with Gasteiger partial charge in [0.15, 0.2) is 8.68 Å². The van der Waals surface area contributed by atoms with Gasteiger partial charge in [-0.2, -0.15) is 0 Å². The van der Waals surface area contributed by atoms with E-state index in [1.54, 1.807) is 0 Å². The number of para-hydroxylation sites is 2. The molecule has 2 aliphatic rings. The summed E-state index contributed by atoms with van der Waals surface area (Å²) in [5, 5.41) is 8.37. The predicted molar refractivity (Wildman–Crippen MR) is 126 cm³/mol. The van der Waals surface area contributed by atoms with Gasteiger partial charge in [0.05, 0.1) is 11.5 Å². The van der Waals surface area contributed by atoms with E-state index in [0.29, 0.717) is 11.5 Å². The number of hydrogen-bond acceptors (Lipinski definition) is 7. The highest BCUT2D eigenvalue weighted by Gasteiger charge is 2.25. The molecule has 2 aliphatic heterocycles. The van der Waals surface area contributed by atoms with Crippen molar-refractivity contribution in [3.8, 4) is 0 Å². The number of hydrogen-bond donors (Lipinski definition) is 0. The molecule has 2 aromatic carbocycles. The second-order valence-corrected chi connectivity index (χ2v) is 10.7. The molecular formula is C22H20N4O2S3. The zero-order chi connectivity index (χ0) is 21.2. The lowest BCUT2D eigenvalue weighted by Crippen LogP contribution is -2.30. The first-order valence-corrected chi connectivity index (χ1v) is 12.8. The van der Waals surface area contributed by atoms with Crippen molar-refractivity contribution in [3.63, 3.8) is 0 Å². The van der Waals surface area contributed by atoms with Crippen molar-refractivity contribution in [1.82, 2.24) is 10.2 Å². The first-order valence-electron chi connectivity index (χ1n) is 10.0. The van der Waals surface area contributed by atoms with Gasteiger partial charge in [-0.1, -0.05) is 71.3 Å². The van der Waals surface area contributed by atoms with Crippen molar-refractivity contribution < 1.29 is 9.59 Å². The van der Waals surface area contributed by atoms with Crippen LogP contribution in [-0.2, 0) is 22.4 Å². The fraction of sp³-hybridized carbons (Fsp3) is 0.273. The summed E-state index contributed by atoms with van der Waals surface area (Å²) in [5.41, 5.74) is 4.48. The number of amides is 2. The Balaban J connectivity index is 1.13. The second kappa shape index (κ2) is 9.02. The minimum Gasteiger partial charge on any atom is -0.311 e. The van der Waals surface area contributed by atoms with Crippen LogP contribution in [0.2, 0.25) is 0 Å². The van der Waals surface area contributed by atoms with Crippen molar-refractivity contribution in [2.75, 3.05) is 34.4 Å². The summed E-state index contributed by atoms with van der Waals surface area (Å²) in [6.07, 6.45) is 1.81. The number of carbonyl (C=O) groups is 2. The topological polar surface area (TPSA) is 66.4 Å². The summed E-state index contributed by atoms with van der Waals surface area (Å²) >= 11 is 4.25. The molecule has 0 aliphatic carbocycles. The number of rotatable bonds is 6. The van der Waals surface area contributed by atoms with Crippen LogP contribution < -0.4 is 9.80 Å². The third-order valence-electron chi connectivity index (χ3n) is 5.40. The van der Waals surface area contributed by atoms with Gasteiger partial charge in [-0.05, 0) is 36.1 Å². The number of nitrogens with zero attached hydrogens (tertiary/aromatic N) is 4. The third kappa shape index (κ3) is 4.35. The molecule has 6 nitrogen and oxygen atoms in total. The number of carbonyl (C=O) groups excluding carboxylic acids is 2. The van der Waals surface area contributed by atoms with E-state index >= 15 is 0 Å². The van der Waals surface area contributed by atoms with Crippen molar-refractivity contribution in [1.29, 1.82) is 0 Å². The number of benzene rings is 2. The molecule has 0 N–H and O–H groups in total. The van der Waals surface area contributed by atoms with E-state index in [2.05, 4.69) is 22.3 Å². The maximum atomic E-state index is 12.7. The van der Waals surface area contributed by atoms with E-state index in [9.17, 15) is 9.59 Å². The monoisotopic (exact) mass is 468 g/mol. The molecule has 9 heteroatoms. The van der Waals surface area contributed by atoms with Gasteiger partial charge in [-0.25, -0.2) is 0 Å². The molecule has 158 valence electrons. The van der Waals surface area contributed by atoms with Crippen molar-refractivity contribution in [2.45, 2.75) is 21.5 Å². The molecule has 2 amide bonds. The smallest absolute Gasteiger partial charge is 0.237 e. The van der Waals surface area contributed by atoms with Gasteiger partial charge >= 0.3 is 0 Å². The number of aromatic nitrogens is 2. The number of fused-ring (bicyclic) bond motifs is 2. The second-order valence-electron chi connectivity index (χ2n) is 7.26. The van der Waals surface area contributed by atoms with Crippen molar-refractivity contribution in [3.05, 3.63) is 59.7 Å². The van der Waals surface area contributed by atoms with Gasteiger partial charge in [0.2, 0.25) is 11.8 Å². The zero-order valence-electron chi connectivity index (χ0n) is 16.7. The molecule has 0 unspecified atom stereocenters. The molecule has 1 aromatic heterocycles. The van der Waals surface area contributed by atoms with Gasteiger partial charge in [-0.3, -0.25) is 9.59 Å². The highest BCUT2D eigenvalue weighted by atomic mass is 32.2. The standard InChI is InChI=1S/C22H20N4O2S3/c27-19(25-11-9-15-5-1-3-7-17(15)25)13-29-21-23-24-22(31-21)30-14-20(28)26-12-10-16-6-2-4-8-18(16)26/h1-8H,9-14H2. The van der Waals surface area contributed by atoms with E-state index in [0.717, 1.165) is 46.0 Å². The summed E-state index contributed by atoms with van der Waals surface area (Å²) in [6, 6.07) is 16.1. The van der Waals surface area contributed by atoms with Crippen molar-refractivity contribution >= 4 is 58.0 Å². The Bertz CT molecular complexity index is 1050. The lowest BCUT2D eigenvalue weighted by atomic mass is 10.2. The lowest BCUT2D eigenvalue weighted by Gasteiger charge is -2.16. The summed E-state index contributed by atoms with van der Waals surface area (Å²) in [5.74, 6) is 0.832. The van der Waals surface area contributed by atoms with Gasteiger partial charge in [0.1, 0.15) is 0 Å². The van der Waals surface area contributed by atoms with Gasteiger partial charge < -0.3 is 9.80 Å². The van der Waals surface area contributed by atoms with E-state index in [1.807, 2.05) is 46.2 Å². The highest BCUT2D eigenvalue weighted by Crippen LogP contribution is 2.33. The van der Waals surface area contributed by atoms with E-state index in [1.165, 1.54) is 46.0 Å². The van der Waals surface area contributed by atoms with Crippen LogP contribution in [0.3, 0.4) is 0 Å². The molecule has 0 fully saturated rings. The Labute approximate surface area is 193 Å². The SMILES string of the molecule is O=C(CSc1nnc(SCC(=O)N2CCc3ccccc32)s1)N1CCc2ccccc21.